The number of aliphatic hydroxyl groups excluding tert-OH is 1. The fraction of sp³-hybridized carbons (Fsp3) is 0.385. The van der Waals surface area contributed by atoms with Crippen molar-refractivity contribution in [3.63, 3.8) is 0 Å². The van der Waals surface area contributed by atoms with E-state index in [1.54, 1.807) is 6.20 Å². The summed E-state index contributed by atoms with van der Waals surface area (Å²) in [5.41, 5.74) is 3.47. The van der Waals surface area contributed by atoms with Gasteiger partial charge in [0.15, 0.2) is 0 Å². The number of aryl methyl sites for hydroxylation is 3. The molecule has 17 heavy (non-hydrogen) atoms. The molecule has 0 aliphatic carbocycles. The van der Waals surface area contributed by atoms with Crippen molar-refractivity contribution in [1.29, 1.82) is 0 Å². The minimum atomic E-state index is -0.663. The van der Waals surface area contributed by atoms with E-state index in [0.29, 0.717) is 0 Å². The molecule has 0 aromatic carbocycles. The molecule has 0 aliphatic rings. The van der Waals surface area contributed by atoms with E-state index in [0.717, 1.165) is 29.2 Å². The van der Waals surface area contributed by atoms with Gasteiger partial charge in [-0.05, 0) is 32.9 Å². The SMILES string of the molecule is CCn1nc(C)cc1C(O)c1ccc(C)nc1. The van der Waals surface area contributed by atoms with Crippen LogP contribution in [-0.4, -0.2) is 19.9 Å². The molecule has 0 amide bonds. The Hall–Kier alpha value is -1.68. The highest BCUT2D eigenvalue weighted by Gasteiger charge is 2.16. The lowest BCUT2D eigenvalue weighted by atomic mass is 10.1. The van der Waals surface area contributed by atoms with Crippen LogP contribution in [0.15, 0.2) is 24.4 Å². The van der Waals surface area contributed by atoms with Gasteiger partial charge in [-0.3, -0.25) is 9.67 Å². The zero-order valence-electron chi connectivity index (χ0n) is 10.4. The van der Waals surface area contributed by atoms with Gasteiger partial charge in [-0.15, -0.1) is 0 Å². The van der Waals surface area contributed by atoms with Crippen LogP contribution in [0.1, 0.15) is 35.7 Å². The van der Waals surface area contributed by atoms with Crippen LogP contribution in [-0.2, 0) is 6.54 Å². The number of pyridine rings is 1. The van der Waals surface area contributed by atoms with E-state index < -0.39 is 6.10 Å². The normalized spacial score (nSPS) is 12.7. The van der Waals surface area contributed by atoms with E-state index >= 15 is 0 Å². The average molecular weight is 231 g/mol. The van der Waals surface area contributed by atoms with Gasteiger partial charge in [0.2, 0.25) is 0 Å². The van der Waals surface area contributed by atoms with Crippen LogP contribution < -0.4 is 0 Å². The zero-order valence-corrected chi connectivity index (χ0v) is 10.4. The Kier molecular flexibility index (Phi) is 3.24. The largest absolute Gasteiger partial charge is 0.382 e. The Balaban J connectivity index is 2.35. The van der Waals surface area contributed by atoms with Gasteiger partial charge < -0.3 is 5.11 Å². The summed E-state index contributed by atoms with van der Waals surface area (Å²) >= 11 is 0. The maximum absolute atomic E-state index is 10.3. The van der Waals surface area contributed by atoms with Crippen LogP contribution in [0.2, 0.25) is 0 Å². The van der Waals surface area contributed by atoms with Crippen molar-refractivity contribution in [2.24, 2.45) is 0 Å². The van der Waals surface area contributed by atoms with E-state index in [1.165, 1.54) is 0 Å². The minimum absolute atomic E-state index is 0.663. The summed E-state index contributed by atoms with van der Waals surface area (Å²) in [5, 5.41) is 14.6. The van der Waals surface area contributed by atoms with E-state index in [9.17, 15) is 5.11 Å². The zero-order chi connectivity index (χ0) is 12.4. The second-order valence-electron chi connectivity index (χ2n) is 4.16. The van der Waals surface area contributed by atoms with Crippen LogP contribution in [0.5, 0.6) is 0 Å². The Morgan fingerprint density at radius 3 is 2.65 bits per heavy atom. The first-order valence-corrected chi connectivity index (χ1v) is 5.76. The predicted molar refractivity (Wildman–Crippen MR) is 65.7 cm³/mol. The molecule has 0 saturated heterocycles. The number of nitrogens with zero attached hydrogens (tertiary/aromatic N) is 3. The topological polar surface area (TPSA) is 50.9 Å². The van der Waals surface area contributed by atoms with Gasteiger partial charge in [-0.1, -0.05) is 6.07 Å². The van der Waals surface area contributed by atoms with Gasteiger partial charge in [0.05, 0.1) is 11.4 Å². The predicted octanol–water partition coefficient (Wildman–Crippen LogP) is 2.00. The van der Waals surface area contributed by atoms with Crippen molar-refractivity contribution in [3.8, 4) is 0 Å². The third-order valence-corrected chi connectivity index (χ3v) is 2.76. The summed E-state index contributed by atoms with van der Waals surface area (Å²) in [6.45, 7) is 6.61. The Bertz CT molecular complexity index is 502. The molecule has 0 radical (unpaired) electrons. The van der Waals surface area contributed by atoms with E-state index in [4.69, 9.17) is 0 Å². The molecule has 4 heteroatoms. The van der Waals surface area contributed by atoms with Crippen molar-refractivity contribution in [1.82, 2.24) is 14.8 Å². The highest BCUT2D eigenvalue weighted by atomic mass is 16.3. The van der Waals surface area contributed by atoms with Gasteiger partial charge in [0, 0.05) is 24.0 Å². The Labute approximate surface area is 101 Å². The van der Waals surface area contributed by atoms with Crippen molar-refractivity contribution < 1.29 is 5.11 Å². The first kappa shape index (κ1) is 11.8. The van der Waals surface area contributed by atoms with Crippen molar-refractivity contribution in [3.05, 3.63) is 47.0 Å². The Morgan fingerprint density at radius 2 is 2.06 bits per heavy atom. The molecule has 0 fully saturated rings. The maximum atomic E-state index is 10.3. The smallest absolute Gasteiger partial charge is 0.122 e. The second kappa shape index (κ2) is 4.67. The van der Waals surface area contributed by atoms with Crippen LogP contribution in [0.4, 0.5) is 0 Å². The highest BCUT2D eigenvalue weighted by molar-refractivity contribution is 5.25. The van der Waals surface area contributed by atoms with Crippen LogP contribution in [0.3, 0.4) is 0 Å². The van der Waals surface area contributed by atoms with Crippen LogP contribution >= 0.6 is 0 Å². The second-order valence-corrected chi connectivity index (χ2v) is 4.16. The molecule has 2 aromatic rings. The van der Waals surface area contributed by atoms with Gasteiger partial charge in [-0.2, -0.15) is 5.10 Å². The Morgan fingerprint density at radius 1 is 1.29 bits per heavy atom. The van der Waals surface area contributed by atoms with Gasteiger partial charge in [0.1, 0.15) is 6.10 Å². The van der Waals surface area contributed by atoms with E-state index in [1.807, 2.05) is 43.7 Å². The number of aliphatic hydroxyl groups is 1. The highest BCUT2D eigenvalue weighted by Crippen LogP contribution is 2.22. The number of hydrogen-bond acceptors (Lipinski definition) is 3. The summed E-state index contributed by atoms with van der Waals surface area (Å²) in [6.07, 6.45) is 1.05. The monoisotopic (exact) mass is 231 g/mol. The van der Waals surface area contributed by atoms with E-state index in [2.05, 4.69) is 10.1 Å². The molecule has 0 bridgehead atoms. The summed E-state index contributed by atoms with van der Waals surface area (Å²) in [4.78, 5) is 4.20. The molecule has 2 rings (SSSR count). The third-order valence-electron chi connectivity index (χ3n) is 2.76. The minimum Gasteiger partial charge on any atom is -0.382 e. The molecule has 1 N–H and O–H groups in total. The summed E-state index contributed by atoms with van der Waals surface area (Å²) < 4.78 is 1.82. The lowest BCUT2D eigenvalue weighted by Gasteiger charge is -2.12. The van der Waals surface area contributed by atoms with E-state index in [-0.39, 0.29) is 0 Å². The third kappa shape index (κ3) is 2.36. The standard InChI is InChI=1S/C13H17N3O/c1-4-16-12(7-10(3)15-16)13(17)11-6-5-9(2)14-8-11/h5-8,13,17H,4H2,1-3H3. The lowest BCUT2D eigenvalue weighted by Crippen LogP contribution is -2.09. The molecule has 4 nitrogen and oxygen atoms in total. The molecule has 1 unspecified atom stereocenters. The molecule has 90 valence electrons. The van der Waals surface area contributed by atoms with Gasteiger partial charge in [0.25, 0.3) is 0 Å². The fourth-order valence-corrected chi connectivity index (χ4v) is 1.85. The fourth-order valence-electron chi connectivity index (χ4n) is 1.85. The van der Waals surface area contributed by atoms with Gasteiger partial charge in [-0.25, -0.2) is 0 Å². The van der Waals surface area contributed by atoms with Gasteiger partial charge >= 0.3 is 0 Å². The van der Waals surface area contributed by atoms with Crippen molar-refractivity contribution in [2.45, 2.75) is 33.4 Å². The number of hydrogen-bond donors (Lipinski definition) is 1. The molecule has 0 saturated carbocycles. The number of aromatic nitrogens is 3. The average Bonchev–Trinajstić information content (AvgIpc) is 2.70. The molecular weight excluding hydrogens is 214 g/mol. The molecule has 2 aromatic heterocycles. The lowest BCUT2D eigenvalue weighted by molar-refractivity contribution is 0.207. The number of rotatable bonds is 3. The summed E-state index contributed by atoms with van der Waals surface area (Å²) in [7, 11) is 0. The molecule has 2 heterocycles. The maximum Gasteiger partial charge on any atom is 0.122 e. The molecule has 0 aliphatic heterocycles. The molecular formula is C13H17N3O. The van der Waals surface area contributed by atoms with Crippen LogP contribution in [0.25, 0.3) is 0 Å². The summed E-state index contributed by atoms with van der Waals surface area (Å²) in [5.74, 6) is 0. The quantitative estimate of drug-likeness (QED) is 0.879. The molecule has 1 atom stereocenters. The van der Waals surface area contributed by atoms with Crippen molar-refractivity contribution >= 4 is 0 Å². The van der Waals surface area contributed by atoms with Crippen LogP contribution in [0, 0.1) is 13.8 Å². The first-order valence-electron chi connectivity index (χ1n) is 5.76. The molecule has 0 spiro atoms. The van der Waals surface area contributed by atoms with Crippen molar-refractivity contribution in [2.75, 3.05) is 0 Å². The summed E-state index contributed by atoms with van der Waals surface area (Å²) in [6, 6.07) is 5.71. The first-order chi connectivity index (χ1) is 8.11.